The minimum atomic E-state index is -0.631. The van der Waals surface area contributed by atoms with Gasteiger partial charge >= 0.3 is 0 Å². The van der Waals surface area contributed by atoms with Crippen LogP contribution in [0.3, 0.4) is 0 Å². The van der Waals surface area contributed by atoms with Crippen molar-refractivity contribution in [3.8, 4) is 11.5 Å². The molecule has 1 unspecified atom stereocenters. The number of hydrogen-bond donors (Lipinski definition) is 3. The minimum absolute atomic E-state index is 0.0981. The molecule has 0 saturated heterocycles. The third-order valence-corrected chi connectivity index (χ3v) is 2.10. The summed E-state index contributed by atoms with van der Waals surface area (Å²) in [6.45, 7) is 1.75. The van der Waals surface area contributed by atoms with Gasteiger partial charge in [-0.2, -0.15) is 0 Å². The molecule has 5 nitrogen and oxygen atoms in total. The molecule has 0 fully saturated rings. The summed E-state index contributed by atoms with van der Waals surface area (Å²) in [7, 11) is 1.53. The Kier molecular flexibility index (Phi) is 3.73. The molecule has 3 N–H and O–H groups in total. The molecule has 0 aliphatic carbocycles. The van der Waals surface area contributed by atoms with Gasteiger partial charge in [0.05, 0.1) is 11.7 Å². The van der Waals surface area contributed by atoms with Crippen LogP contribution < -0.4 is 0 Å². The highest BCUT2D eigenvalue weighted by Crippen LogP contribution is 2.23. The van der Waals surface area contributed by atoms with Gasteiger partial charge in [0.25, 0.3) is 5.91 Å². The van der Waals surface area contributed by atoms with Crippen molar-refractivity contribution in [1.29, 1.82) is 0 Å². The Hall–Kier alpha value is -1.75. The molecule has 5 heteroatoms. The Morgan fingerprint density at radius 1 is 1.44 bits per heavy atom. The van der Waals surface area contributed by atoms with Crippen LogP contribution in [0.2, 0.25) is 0 Å². The number of nitrogens with zero attached hydrogens (tertiary/aromatic N) is 1. The van der Waals surface area contributed by atoms with E-state index in [0.717, 1.165) is 6.07 Å². The van der Waals surface area contributed by atoms with E-state index in [0.29, 0.717) is 0 Å². The van der Waals surface area contributed by atoms with Crippen molar-refractivity contribution in [3.05, 3.63) is 23.8 Å². The SMILES string of the molecule is CC(O)CN(C)C(=O)c1ccc(O)cc1O. The molecular weight excluding hydrogens is 210 g/mol. The van der Waals surface area contributed by atoms with Crippen LogP contribution in [0.4, 0.5) is 0 Å². The van der Waals surface area contributed by atoms with Crippen LogP contribution in [0.5, 0.6) is 11.5 Å². The third-order valence-electron chi connectivity index (χ3n) is 2.10. The third kappa shape index (κ3) is 2.87. The normalized spacial score (nSPS) is 12.2. The summed E-state index contributed by atoms with van der Waals surface area (Å²) in [5.74, 6) is -0.784. The summed E-state index contributed by atoms with van der Waals surface area (Å²) in [5.41, 5.74) is 0.0981. The number of rotatable bonds is 3. The largest absolute Gasteiger partial charge is 0.508 e. The molecule has 0 aliphatic rings. The predicted molar refractivity (Wildman–Crippen MR) is 58.4 cm³/mol. The summed E-state index contributed by atoms with van der Waals surface area (Å²) >= 11 is 0. The van der Waals surface area contributed by atoms with Crippen LogP contribution in [0.25, 0.3) is 0 Å². The molecule has 16 heavy (non-hydrogen) atoms. The number of phenolic OH excluding ortho intramolecular Hbond substituents is 2. The summed E-state index contributed by atoms with van der Waals surface area (Å²) in [5, 5.41) is 27.7. The molecule has 0 aromatic heterocycles. The molecule has 0 saturated carbocycles. The van der Waals surface area contributed by atoms with E-state index in [2.05, 4.69) is 0 Å². The lowest BCUT2D eigenvalue weighted by atomic mass is 10.1. The van der Waals surface area contributed by atoms with Crippen molar-refractivity contribution in [2.75, 3.05) is 13.6 Å². The first-order valence-corrected chi connectivity index (χ1v) is 4.87. The molecule has 1 rings (SSSR count). The zero-order valence-electron chi connectivity index (χ0n) is 9.21. The summed E-state index contributed by atoms with van der Waals surface area (Å²) in [6, 6.07) is 3.76. The number of benzene rings is 1. The van der Waals surface area contributed by atoms with Crippen molar-refractivity contribution in [1.82, 2.24) is 4.90 Å². The van der Waals surface area contributed by atoms with Gasteiger partial charge in [-0.3, -0.25) is 4.79 Å². The monoisotopic (exact) mass is 225 g/mol. The lowest BCUT2D eigenvalue weighted by Gasteiger charge is -2.19. The molecule has 0 heterocycles. The van der Waals surface area contributed by atoms with E-state index in [-0.39, 0.29) is 23.6 Å². The van der Waals surface area contributed by atoms with Crippen molar-refractivity contribution in [2.24, 2.45) is 0 Å². The molecular formula is C11H15NO4. The first-order valence-electron chi connectivity index (χ1n) is 4.87. The zero-order valence-corrected chi connectivity index (χ0v) is 9.21. The second-order valence-electron chi connectivity index (χ2n) is 3.74. The number of carbonyl (C=O) groups is 1. The van der Waals surface area contributed by atoms with Crippen LogP contribution in [0.1, 0.15) is 17.3 Å². The van der Waals surface area contributed by atoms with Gasteiger partial charge in [-0.25, -0.2) is 0 Å². The Morgan fingerprint density at radius 2 is 2.06 bits per heavy atom. The van der Waals surface area contributed by atoms with Crippen LogP contribution in [0.15, 0.2) is 18.2 Å². The average molecular weight is 225 g/mol. The standard InChI is InChI=1S/C11H15NO4/c1-7(13)6-12(2)11(16)9-4-3-8(14)5-10(9)15/h3-5,7,13-15H,6H2,1-2H3. The maximum Gasteiger partial charge on any atom is 0.257 e. The van der Waals surface area contributed by atoms with Crippen LogP contribution in [0, 0.1) is 0 Å². The first kappa shape index (κ1) is 12.3. The molecule has 0 aliphatic heterocycles. The fourth-order valence-electron chi connectivity index (χ4n) is 1.39. The highest BCUT2D eigenvalue weighted by Gasteiger charge is 2.17. The number of aliphatic hydroxyl groups excluding tert-OH is 1. The molecule has 1 aromatic rings. The van der Waals surface area contributed by atoms with E-state index in [9.17, 15) is 9.90 Å². The highest BCUT2D eigenvalue weighted by molar-refractivity contribution is 5.96. The van der Waals surface area contributed by atoms with Gasteiger partial charge in [-0.05, 0) is 19.1 Å². The van der Waals surface area contributed by atoms with Crippen molar-refractivity contribution in [3.63, 3.8) is 0 Å². The fourth-order valence-corrected chi connectivity index (χ4v) is 1.39. The van der Waals surface area contributed by atoms with E-state index < -0.39 is 12.0 Å². The second-order valence-corrected chi connectivity index (χ2v) is 3.74. The Balaban J connectivity index is 2.88. The van der Waals surface area contributed by atoms with E-state index in [1.807, 2.05) is 0 Å². The molecule has 1 atom stereocenters. The Bertz CT molecular complexity index is 390. The van der Waals surface area contributed by atoms with Gasteiger partial charge < -0.3 is 20.2 Å². The van der Waals surface area contributed by atoms with Gasteiger partial charge in [-0.15, -0.1) is 0 Å². The maximum absolute atomic E-state index is 11.8. The number of carbonyl (C=O) groups excluding carboxylic acids is 1. The van der Waals surface area contributed by atoms with Crippen LogP contribution in [-0.4, -0.2) is 45.8 Å². The number of amides is 1. The highest BCUT2D eigenvalue weighted by atomic mass is 16.3. The van der Waals surface area contributed by atoms with E-state index in [1.54, 1.807) is 6.92 Å². The lowest BCUT2D eigenvalue weighted by Crippen LogP contribution is -2.33. The quantitative estimate of drug-likeness (QED) is 0.701. The Labute approximate surface area is 93.6 Å². The number of hydrogen-bond acceptors (Lipinski definition) is 4. The summed E-state index contributed by atoms with van der Waals surface area (Å²) in [4.78, 5) is 13.1. The summed E-state index contributed by atoms with van der Waals surface area (Å²) < 4.78 is 0. The smallest absolute Gasteiger partial charge is 0.257 e. The number of likely N-dealkylation sites (N-methyl/N-ethyl adjacent to an activating group) is 1. The maximum atomic E-state index is 11.8. The number of phenols is 2. The molecule has 1 amide bonds. The van der Waals surface area contributed by atoms with Crippen molar-refractivity contribution in [2.45, 2.75) is 13.0 Å². The molecule has 1 aromatic carbocycles. The number of aliphatic hydroxyl groups is 1. The second kappa shape index (κ2) is 4.85. The fraction of sp³-hybridized carbons (Fsp3) is 0.364. The van der Waals surface area contributed by atoms with Crippen molar-refractivity contribution < 1.29 is 20.1 Å². The topological polar surface area (TPSA) is 81.0 Å². The summed E-state index contributed by atoms with van der Waals surface area (Å²) in [6.07, 6.45) is -0.631. The first-order chi connectivity index (χ1) is 7.41. The van der Waals surface area contributed by atoms with Gasteiger partial charge in [0.2, 0.25) is 0 Å². The van der Waals surface area contributed by atoms with Crippen LogP contribution >= 0.6 is 0 Å². The van der Waals surface area contributed by atoms with E-state index in [1.165, 1.54) is 24.1 Å². The lowest BCUT2D eigenvalue weighted by molar-refractivity contribution is 0.0700. The predicted octanol–water partition coefficient (Wildman–Crippen LogP) is 0.551. The molecule has 0 spiro atoms. The van der Waals surface area contributed by atoms with Gasteiger partial charge in [0.15, 0.2) is 0 Å². The molecule has 0 bridgehead atoms. The Morgan fingerprint density at radius 3 is 2.56 bits per heavy atom. The van der Waals surface area contributed by atoms with E-state index >= 15 is 0 Å². The van der Waals surface area contributed by atoms with Crippen LogP contribution in [-0.2, 0) is 0 Å². The van der Waals surface area contributed by atoms with Gasteiger partial charge in [0, 0.05) is 19.7 Å². The van der Waals surface area contributed by atoms with Gasteiger partial charge in [0.1, 0.15) is 11.5 Å². The molecule has 0 radical (unpaired) electrons. The average Bonchev–Trinajstić information content (AvgIpc) is 2.15. The molecule has 88 valence electrons. The van der Waals surface area contributed by atoms with Gasteiger partial charge in [-0.1, -0.05) is 0 Å². The minimum Gasteiger partial charge on any atom is -0.508 e. The van der Waals surface area contributed by atoms with E-state index in [4.69, 9.17) is 10.2 Å². The van der Waals surface area contributed by atoms with Crippen molar-refractivity contribution >= 4 is 5.91 Å². The number of aromatic hydroxyl groups is 2. The zero-order chi connectivity index (χ0) is 12.3.